The van der Waals surface area contributed by atoms with Gasteiger partial charge in [-0.3, -0.25) is 4.79 Å². The summed E-state index contributed by atoms with van der Waals surface area (Å²) in [5.41, 5.74) is 3.63. The first-order valence-corrected chi connectivity index (χ1v) is 9.22. The van der Waals surface area contributed by atoms with Crippen molar-refractivity contribution < 1.29 is 60.9 Å². The van der Waals surface area contributed by atoms with Gasteiger partial charge in [0.2, 0.25) is 0 Å². The van der Waals surface area contributed by atoms with Crippen molar-refractivity contribution in [1.29, 1.82) is 0 Å². The van der Waals surface area contributed by atoms with Crippen LogP contribution in [0.4, 0.5) is 0 Å². The maximum Gasteiger partial charge on any atom is 1.00 e. The summed E-state index contributed by atoms with van der Waals surface area (Å²) in [7, 11) is 1.60. The first-order valence-electron chi connectivity index (χ1n) is 8.84. The molecule has 2 heterocycles. The van der Waals surface area contributed by atoms with Crippen LogP contribution in [0.2, 0.25) is 5.15 Å². The van der Waals surface area contributed by atoms with E-state index in [1.807, 2.05) is 46.0 Å². The second kappa shape index (κ2) is 14.6. The summed E-state index contributed by atoms with van der Waals surface area (Å²) in [4.78, 5) is 16.1. The first-order chi connectivity index (χ1) is 12.5. The molecule has 0 radical (unpaired) electrons. The maximum atomic E-state index is 12.1. The van der Waals surface area contributed by atoms with Crippen molar-refractivity contribution in [2.45, 2.75) is 46.6 Å². The molecule has 1 N–H and O–H groups in total. The molecule has 27 heavy (non-hydrogen) atoms. The number of pyridine rings is 1. The molecule has 1 atom stereocenters. The van der Waals surface area contributed by atoms with Crippen LogP contribution in [0.25, 0.3) is 6.08 Å². The largest absolute Gasteiger partial charge is 1.00 e. The smallest absolute Gasteiger partial charge is 0.417 e. The number of aromatic nitrogens is 1. The minimum Gasteiger partial charge on any atom is -0.417 e. The SMILES string of the molecule is CC.CCCC(=O)C1C=C(C)C(/C(=C/c2[c-]cc(Cl)nc2)[CH-]OC)=CN1.[K+]. The molecule has 1 aromatic heterocycles. The fourth-order valence-electron chi connectivity index (χ4n) is 2.47. The van der Waals surface area contributed by atoms with Gasteiger partial charge in [0.15, 0.2) is 5.78 Å². The maximum absolute atomic E-state index is 12.1. The zero-order valence-electron chi connectivity index (χ0n) is 17.1. The Morgan fingerprint density at radius 3 is 2.70 bits per heavy atom. The molecule has 1 aliphatic heterocycles. The van der Waals surface area contributed by atoms with Gasteiger partial charge in [-0.15, -0.1) is 34.9 Å². The molecule has 0 amide bonds. The molecule has 0 fully saturated rings. The summed E-state index contributed by atoms with van der Waals surface area (Å²) in [6.45, 7) is 9.64. The average Bonchev–Trinajstić information content (AvgIpc) is 2.65. The summed E-state index contributed by atoms with van der Waals surface area (Å²) in [5.74, 6) is 0.198. The van der Waals surface area contributed by atoms with Gasteiger partial charge in [0.1, 0.15) is 6.04 Å². The van der Waals surface area contributed by atoms with Gasteiger partial charge in [-0.2, -0.15) is 11.6 Å². The standard InChI is InChI=1S/C19H21ClN2O2.C2H6.K/c1-4-5-18(23)17-8-13(2)16(11-21-17)15(12-24-3)9-14-6-7-19(20)22-10-14;1-2;/h7-12,17,21H,4-5H2,1-3H3;1-2H3;/q-2;;+1/b15-9+;;. The quantitative estimate of drug-likeness (QED) is 0.421. The summed E-state index contributed by atoms with van der Waals surface area (Å²) >= 11 is 5.79. The first kappa shape index (κ1) is 26.6. The molecule has 0 aliphatic carbocycles. The fraction of sp³-hybridized carbons (Fsp3) is 0.381. The van der Waals surface area contributed by atoms with Gasteiger partial charge in [0.25, 0.3) is 0 Å². The molecule has 0 saturated carbocycles. The number of dihydropyridines is 1. The number of methoxy groups -OCH3 is 1. The van der Waals surface area contributed by atoms with E-state index in [-0.39, 0.29) is 63.2 Å². The summed E-state index contributed by atoms with van der Waals surface area (Å²) < 4.78 is 5.20. The van der Waals surface area contributed by atoms with Crippen LogP contribution >= 0.6 is 11.6 Å². The van der Waals surface area contributed by atoms with E-state index < -0.39 is 0 Å². The number of nitrogens with zero attached hydrogens (tertiary/aromatic N) is 1. The predicted octanol–water partition coefficient (Wildman–Crippen LogP) is 1.93. The second-order valence-electron chi connectivity index (χ2n) is 5.55. The number of rotatable bonds is 7. The van der Waals surface area contributed by atoms with Crippen LogP contribution < -0.4 is 56.7 Å². The number of ether oxygens (including phenoxy) is 1. The van der Waals surface area contributed by atoms with Crippen LogP contribution in [0.1, 0.15) is 46.1 Å². The topological polar surface area (TPSA) is 51.2 Å². The molecule has 142 valence electrons. The van der Waals surface area contributed by atoms with Gasteiger partial charge in [-0.05, 0) is 6.42 Å². The molecule has 6 heteroatoms. The Hall–Kier alpha value is -0.404. The molecule has 1 aromatic rings. The molecule has 0 bridgehead atoms. The Bertz CT molecular complexity index is 682. The number of hydrogen-bond donors (Lipinski definition) is 1. The molecule has 0 spiro atoms. The van der Waals surface area contributed by atoms with Crippen molar-refractivity contribution in [1.82, 2.24) is 10.3 Å². The Balaban J connectivity index is 0.00000218. The van der Waals surface area contributed by atoms with Crippen LogP contribution in [-0.2, 0) is 9.53 Å². The van der Waals surface area contributed by atoms with E-state index >= 15 is 0 Å². The van der Waals surface area contributed by atoms with Gasteiger partial charge in [0, 0.05) is 18.7 Å². The number of halogens is 1. The Morgan fingerprint density at radius 2 is 2.19 bits per heavy atom. The van der Waals surface area contributed by atoms with Gasteiger partial charge in [-0.1, -0.05) is 58.3 Å². The van der Waals surface area contributed by atoms with E-state index in [9.17, 15) is 4.79 Å². The second-order valence-corrected chi connectivity index (χ2v) is 5.93. The molecule has 4 nitrogen and oxygen atoms in total. The van der Waals surface area contributed by atoms with Crippen LogP contribution in [0.15, 0.2) is 41.3 Å². The van der Waals surface area contributed by atoms with E-state index in [2.05, 4.69) is 16.4 Å². The summed E-state index contributed by atoms with van der Waals surface area (Å²) in [5, 5.41) is 3.57. The normalized spacial score (nSPS) is 15.9. The van der Waals surface area contributed by atoms with Crippen LogP contribution in [0.5, 0.6) is 0 Å². The Morgan fingerprint density at radius 1 is 1.48 bits per heavy atom. The number of carbonyl (C=O) groups is 1. The third-order valence-corrected chi connectivity index (χ3v) is 3.85. The van der Waals surface area contributed by atoms with Crippen LogP contribution in [-0.4, -0.2) is 23.9 Å². The predicted molar refractivity (Wildman–Crippen MR) is 107 cm³/mol. The fourth-order valence-corrected chi connectivity index (χ4v) is 2.57. The number of nitrogens with one attached hydrogen (secondary N) is 1. The van der Waals surface area contributed by atoms with Gasteiger partial charge < -0.3 is 15.0 Å². The zero-order valence-corrected chi connectivity index (χ0v) is 21.0. The van der Waals surface area contributed by atoms with Crippen molar-refractivity contribution in [3.05, 3.63) is 64.6 Å². The number of hydrogen-bond acceptors (Lipinski definition) is 4. The Labute approximate surface area is 210 Å². The average molecular weight is 414 g/mol. The number of ketones is 1. The monoisotopic (exact) mass is 413 g/mol. The molecule has 0 aromatic carbocycles. The number of allylic oxidation sites excluding steroid dienone is 1. The minimum atomic E-state index is -0.263. The van der Waals surface area contributed by atoms with Gasteiger partial charge in [-0.25, -0.2) is 0 Å². The molecule has 1 aliphatic rings. The minimum absolute atomic E-state index is 0. The van der Waals surface area contributed by atoms with E-state index in [0.29, 0.717) is 11.6 Å². The number of Topliss-reactive ketones (excluding diaryl/α,β-unsaturated/α-hetero) is 1. The van der Waals surface area contributed by atoms with Crippen LogP contribution in [0.3, 0.4) is 0 Å². The summed E-state index contributed by atoms with van der Waals surface area (Å²) in [6, 6.07) is 4.41. The third-order valence-electron chi connectivity index (χ3n) is 3.64. The molecule has 2 rings (SSSR count). The van der Waals surface area contributed by atoms with Crippen molar-refractivity contribution >= 4 is 23.5 Å². The van der Waals surface area contributed by atoms with E-state index in [0.717, 1.165) is 28.7 Å². The van der Waals surface area contributed by atoms with Crippen molar-refractivity contribution in [3.8, 4) is 0 Å². The van der Waals surface area contributed by atoms with Crippen molar-refractivity contribution in [2.75, 3.05) is 7.11 Å². The van der Waals surface area contributed by atoms with Crippen molar-refractivity contribution in [2.24, 2.45) is 0 Å². The van der Waals surface area contributed by atoms with E-state index in [1.165, 1.54) is 0 Å². The third kappa shape index (κ3) is 8.65. The number of carbonyl (C=O) groups excluding carboxylic acids is 1. The molecular weight excluding hydrogens is 387 g/mol. The van der Waals surface area contributed by atoms with E-state index in [4.69, 9.17) is 16.3 Å². The summed E-state index contributed by atoms with van der Waals surface area (Å²) in [6.07, 6.45) is 8.79. The van der Waals surface area contributed by atoms with Gasteiger partial charge >= 0.3 is 51.4 Å². The van der Waals surface area contributed by atoms with Crippen LogP contribution in [0, 0.1) is 12.7 Å². The van der Waals surface area contributed by atoms with Crippen molar-refractivity contribution in [3.63, 3.8) is 0 Å². The zero-order chi connectivity index (χ0) is 19.5. The molecular formula is C21H27ClKN2O2-. The molecule has 0 saturated heterocycles. The Kier molecular flexibility index (Phi) is 14.4. The van der Waals surface area contributed by atoms with Gasteiger partial charge in [0.05, 0.1) is 0 Å². The molecule has 1 unspecified atom stereocenters. The van der Waals surface area contributed by atoms with E-state index in [1.54, 1.807) is 26.0 Å².